The van der Waals surface area contributed by atoms with Crippen LogP contribution in [0, 0.1) is 0 Å². The fraction of sp³-hybridized carbons (Fsp3) is 0.300. The minimum absolute atomic E-state index is 0.384. The predicted molar refractivity (Wildman–Crippen MR) is 106 cm³/mol. The molecule has 1 aliphatic carbocycles. The molecule has 1 fully saturated rings. The van der Waals surface area contributed by atoms with Crippen LogP contribution in [-0.4, -0.2) is 21.3 Å². The monoisotopic (exact) mass is 348 g/mol. The molecule has 0 atom stereocenters. The molecule has 0 aliphatic heterocycles. The number of nitrogens with zero attached hydrogens (tertiary/aromatic N) is 3. The molecular weight excluding hydrogens is 328 g/mol. The number of fused-ring (bicyclic) bond motifs is 5. The van der Waals surface area contributed by atoms with E-state index in [1.54, 1.807) is 11.3 Å². The summed E-state index contributed by atoms with van der Waals surface area (Å²) in [5.41, 5.74) is 11.6. The van der Waals surface area contributed by atoms with Crippen LogP contribution >= 0.6 is 11.3 Å². The minimum Gasteiger partial charge on any atom is -0.383 e. The number of aliphatic imine (C=N–C) groups is 1. The average molecular weight is 348 g/mol. The summed E-state index contributed by atoms with van der Waals surface area (Å²) in [6.45, 7) is 0. The quantitative estimate of drug-likeness (QED) is 0.420. The smallest absolute Gasteiger partial charge is 0.138 e. The lowest BCUT2D eigenvalue weighted by Gasteiger charge is -2.18. The number of pyridine rings is 1. The summed E-state index contributed by atoms with van der Waals surface area (Å²) in [5, 5.41) is 2.12. The molecule has 0 bridgehead atoms. The Morgan fingerprint density at radius 3 is 2.84 bits per heavy atom. The zero-order chi connectivity index (χ0) is 16.8. The van der Waals surface area contributed by atoms with Crippen molar-refractivity contribution in [2.24, 2.45) is 10.7 Å². The Balaban J connectivity index is 1.66. The Hall–Kier alpha value is -2.40. The molecule has 0 saturated heterocycles. The second-order valence-electron chi connectivity index (χ2n) is 6.82. The van der Waals surface area contributed by atoms with Gasteiger partial charge in [-0.05, 0) is 54.6 Å². The lowest BCUT2D eigenvalue weighted by Crippen LogP contribution is -2.19. The van der Waals surface area contributed by atoms with Crippen molar-refractivity contribution >= 4 is 44.1 Å². The predicted octanol–water partition coefficient (Wildman–Crippen LogP) is 4.74. The van der Waals surface area contributed by atoms with Crippen molar-refractivity contribution < 1.29 is 0 Å². The second-order valence-corrected chi connectivity index (χ2v) is 7.77. The van der Waals surface area contributed by atoms with Gasteiger partial charge in [-0.2, -0.15) is 0 Å². The van der Waals surface area contributed by atoms with Gasteiger partial charge in [0.05, 0.1) is 27.3 Å². The summed E-state index contributed by atoms with van der Waals surface area (Å²) in [7, 11) is 0. The maximum Gasteiger partial charge on any atom is 0.138 e. The van der Waals surface area contributed by atoms with E-state index in [4.69, 9.17) is 15.7 Å². The van der Waals surface area contributed by atoms with Crippen LogP contribution in [0.3, 0.4) is 0 Å². The molecule has 2 N–H and O–H groups in total. The second kappa shape index (κ2) is 5.85. The highest BCUT2D eigenvalue weighted by molar-refractivity contribution is 7.17. The number of hydrogen-bond donors (Lipinski definition) is 1. The minimum atomic E-state index is 0.384. The van der Waals surface area contributed by atoms with Gasteiger partial charge in [0, 0.05) is 5.56 Å². The standard InChI is InChI=1S/C20H20N4S/c21-20(22-14-4-2-1-3-5-14)13-6-7-15-17(12-13)24-16-10-11-25-18(16)8-9-19(24)23-15/h6-12,14H,1-5H2,(H2,21,22). The first-order valence-corrected chi connectivity index (χ1v) is 9.80. The summed E-state index contributed by atoms with van der Waals surface area (Å²) < 4.78 is 3.49. The highest BCUT2D eigenvalue weighted by atomic mass is 32.1. The van der Waals surface area contributed by atoms with Crippen molar-refractivity contribution in [3.63, 3.8) is 0 Å². The Labute approximate surface area is 150 Å². The van der Waals surface area contributed by atoms with Crippen molar-refractivity contribution in [2.75, 3.05) is 0 Å². The van der Waals surface area contributed by atoms with Gasteiger partial charge in [-0.15, -0.1) is 11.3 Å². The number of amidine groups is 1. The highest BCUT2D eigenvalue weighted by Crippen LogP contribution is 2.27. The van der Waals surface area contributed by atoms with Gasteiger partial charge in [-0.1, -0.05) is 19.3 Å². The number of hydrogen-bond acceptors (Lipinski definition) is 3. The number of nitrogens with two attached hydrogens (primary N) is 1. The summed E-state index contributed by atoms with van der Waals surface area (Å²) in [6.07, 6.45) is 6.19. The normalized spacial score (nSPS) is 17.0. The zero-order valence-corrected chi connectivity index (χ0v) is 14.8. The van der Waals surface area contributed by atoms with E-state index in [-0.39, 0.29) is 0 Å². The molecule has 0 unspecified atom stereocenters. The van der Waals surface area contributed by atoms with Gasteiger partial charge in [0.1, 0.15) is 11.5 Å². The largest absolute Gasteiger partial charge is 0.383 e. The first-order valence-electron chi connectivity index (χ1n) is 8.92. The summed E-state index contributed by atoms with van der Waals surface area (Å²) in [6, 6.07) is 13.0. The average Bonchev–Trinajstić information content (AvgIpc) is 3.25. The molecule has 3 aromatic heterocycles. The van der Waals surface area contributed by atoms with Crippen molar-refractivity contribution in [3.8, 4) is 0 Å². The number of thiophene rings is 1. The molecule has 4 nitrogen and oxygen atoms in total. The van der Waals surface area contributed by atoms with Gasteiger partial charge in [0.25, 0.3) is 0 Å². The van der Waals surface area contributed by atoms with Gasteiger partial charge in [0.2, 0.25) is 0 Å². The molecule has 4 aromatic rings. The maximum atomic E-state index is 6.34. The SMILES string of the molecule is NC(=NC1CCCCC1)c1ccc2nc3ccc4sccc4n3c2c1. The number of imidazole rings is 1. The van der Waals surface area contributed by atoms with E-state index < -0.39 is 0 Å². The van der Waals surface area contributed by atoms with E-state index in [1.165, 1.54) is 29.5 Å². The molecule has 0 spiro atoms. The number of aromatic nitrogens is 2. The van der Waals surface area contributed by atoms with Crippen LogP contribution in [0.15, 0.2) is 46.8 Å². The number of rotatable bonds is 2. The van der Waals surface area contributed by atoms with E-state index >= 15 is 0 Å². The summed E-state index contributed by atoms with van der Waals surface area (Å²) in [4.78, 5) is 9.54. The van der Waals surface area contributed by atoms with Crippen LogP contribution in [-0.2, 0) is 0 Å². The van der Waals surface area contributed by atoms with Gasteiger partial charge in [-0.25, -0.2) is 4.98 Å². The Kier molecular flexibility index (Phi) is 3.48. The van der Waals surface area contributed by atoms with Crippen LogP contribution < -0.4 is 5.73 Å². The maximum absolute atomic E-state index is 6.34. The third kappa shape index (κ3) is 2.50. The molecular formula is C20H20N4S. The topological polar surface area (TPSA) is 55.7 Å². The molecule has 3 heterocycles. The molecule has 25 heavy (non-hydrogen) atoms. The van der Waals surface area contributed by atoms with Crippen molar-refractivity contribution in [1.82, 2.24) is 9.38 Å². The summed E-state index contributed by atoms with van der Waals surface area (Å²) >= 11 is 1.75. The van der Waals surface area contributed by atoms with Gasteiger partial charge in [-0.3, -0.25) is 9.39 Å². The fourth-order valence-electron chi connectivity index (χ4n) is 3.87. The van der Waals surface area contributed by atoms with Crippen LogP contribution in [0.1, 0.15) is 37.7 Å². The van der Waals surface area contributed by atoms with Crippen LogP contribution in [0.25, 0.3) is 26.9 Å². The molecule has 5 rings (SSSR count). The van der Waals surface area contributed by atoms with E-state index in [9.17, 15) is 0 Å². The van der Waals surface area contributed by atoms with E-state index in [2.05, 4.69) is 40.1 Å². The lowest BCUT2D eigenvalue weighted by molar-refractivity contribution is 0.443. The molecule has 5 heteroatoms. The molecule has 1 aliphatic rings. The van der Waals surface area contributed by atoms with E-state index in [0.29, 0.717) is 11.9 Å². The number of benzene rings is 1. The molecule has 0 amide bonds. The van der Waals surface area contributed by atoms with Crippen LogP contribution in [0.2, 0.25) is 0 Å². The third-order valence-corrected chi connectivity index (χ3v) is 6.04. The first kappa shape index (κ1) is 14.9. The van der Waals surface area contributed by atoms with Gasteiger partial charge >= 0.3 is 0 Å². The van der Waals surface area contributed by atoms with Crippen molar-refractivity contribution in [1.29, 1.82) is 0 Å². The Morgan fingerprint density at radius 2 is 1.96 bits per heavy atom. The highest BCUT2D eigenvalue weighted by Gasteiger charge is 2.14. The molecule has 1 aromatic carbocycles. The fourth-order valence-corrected chi connectivity index (χ4v) is 4.64. The Bertz CT molecular complexity index is 1100. The summed E-state index contributed by atoms with van der Waals surface area (Å²) in [5.74, 6) is 0.654. The van der Waals surface area contributed by atoms with Gasteiger partial charge in [0.15, 0.2) is 0 Å². The van der Waals surface area contributed by atoms with E-state index in [0.717, 1.165) is 35.1 Å². The molecule has 126 valence electrons. The molecule has 1 saturated carbocycles. The lowest BCUT2D eigenvalue weighted by atomic mass is 9.96. The van der Waals surface area contributed by atoms with Crippen molar-refractivity contribution in [3.05, 3.63) is 47.3 Å². The van der Waals surface area contributed by atoms with Crippen LogP contribution in [0.4, 0.5) is 0 Å². The zero-order valence-electron chi connectivity index (χ0n) is 14.0. The van der Waals surface area contributed by atoms with E-state index in [1.807, 2.05) is 6.07 Å². The molecule has 0 radical (unpaired) electrons. The van der Waals surface area contributed by atoms with Crippen molar-refractivity contribution in [2.45, 2.75) is 38.1 Å². The third-order valence-electron chi connectivity index (χ3n) is 5.17. The van der Waals surface area contributed by atoms with Gasteiger partial charge < -0.3 is 5.73 Å². The first-order chi connectivity index (χ1) is 12.3. The van der Waals surface area contributed by atoms with Crippen LogP contribution in [0.5, 0.6) is 0 Å². The Morgan fingerprint density at radius 1 is 1.08 bits per heavy atom.